The van der Waals surface area contributed by atoms with Gasteiger partial charge in [0.15, 0.2) is 0 Å². The molecule has 2 fully saturated rings. The van der Waals surface area contributed by atoms with E-state index in [0.717, 1.165) is 25.8 Å². The van der Waals surface area contributed by atoms with E-state index in [-0.39, 0.29) is 55.2 Å². The average molecular weight is 554 g/mol. The molecule has 3 amide bonds. The van der Waals surface area contributed by atoms with Crippen LogP contribution in [0.2, 0.25) is 0 Å². The van der Waals surface area contributed by atoms with Crippen molar-refractivity contribution in [1.29, 1.82) is 0 Å². The quantitative estimate of drug-likeness (QED) is 0.376. The van der Waals surface area contributed by atoms with E-state index in [2.05, 4.69) is 10.2 Å². The second-order valence-corrected chi connectivity index (χ2v) is 12.7. The van der Waals surface area contributed by atoms with Gasteiger partial charge >= 0.3 is 5.97 Å². The number of esters is 1. The molecular formula is C28H51N5O6. The predicted octanol–water partition coefficient (Wildman–Crippen LogP) is 0.551. The van der Waals surface area contributed by atoms with Crippen molar-refractivity contribution in [3.63, 3.8) is 0 Å². The number of rotatable bonds is 10. The van der Waals surface area contributed by atoms with Crippen LogP contribution in [-0.4, -0.2) is 133 Å². The monoisotopic (exact) mass is 553 g/mol. The maximum atomic E-state index is 13.9. The molecule has 0 spiro atoms. The minimum Gasteiger partial charge on any atom is -0.467 e. The normalized spacial score (nSPS) is 24.0. The maximum Gasteiger partial charge on any atom is 0.328 e. The van der Waals surface area contributed by atoms with Gasteiger partial charge in [0.05, 0.1) is 25.8 Å². The smallest absolute Gasteiger partial charge is 0.328 e. The first-order chi connectivity index (χ1) is 18.1. The van der Waals surface area contributed by atoms with Crippen LogP contribution in [0.1, 0.15) is 60.3 Å². The van der Waals surface area contributed by atoms with Crippen molar-refractivity contribution in [2.75, 3.05) is 54.4 Å². The topological polar surface area (TPSA) is 123 Å². The summed E-state index contributed by atoms with van der Waals surface area (Å²) in [4.78, 5) is 59.2. The molecule has 2 N–H and O–H groups in total. The fraction of sp³-hybridized carbons (Fsp3) is 0.857. The number of nitrogens with one attached hydrogen (secondary N) is 1. The molecule has 2 heterocycles. The van der Waals surface area contributed by atoms with Crippen molar-refractivity contribution in [1.82, 2.24) is 24.9 Å². The Kier molecular flexibility index (Phi) is 11.7. The van der Waals surface area contributed by atoms with Crippen LogP contribution in [0.5, 0.6) is 0 Å². The zero-order valence-corrected chi connectivity index (χ0v) is 25.4. The number of hydrogen-bond acceptors (Lipinski definition) is 8. The lowest BCUT2D eigenvalue weighted by Gasteiger charge is -2.40. The molecule has 2 aliphatic heterocycles. The minimum atomic E-state index is -0.796. The number of likely N-dealkylation sites (N-methyl/N-ethyl adjacent to an activating group) is 3. The van der Waals surface area contributed by atoms with Crippen LogP contribution in [0.3, 0.4) is 0 Å². The van der Waals surface area contributed by atoms with Gasteiger partial charge in [-0.2, -0.15) is 0 Å². The number of amides is 3. The third-order valence-corrected chi connectivity index (χ3v) is 8.06. The number of ether oxygens (including phenoxy) is 1. The molecule has 0 aliphatic carbocycles. The van der Waals surface area contributed by atoms with E-state index in [0.29, 0.717) is 6.54 Å². The van der Waals surface area contributed by atoms with Crippen molar-refractivity contribution in [3.05, 3.63) is 0 Å². The molecule has 0 radical (unpaired) electrons. The highest BCUT2D eigenvalue weighted by molar-refractivity contribution is 5.90. The molecule has 0 bridgehead atoms. The average Bonchev–Trinajstić information content (AvgIpc) is 3.25. The standard InChI is InChI=1S/C28H51N5O6/c1-18(2)22(16-30(6)17-23(35)33-15-19(34)14-21(33)27(38)39-9)32(8)26(37)24(28(3,4)5)29-25(36)20-12-10-11-13-31(20)7/h18-22,24,34H,10-17H2,1-9H3,(H,29,36)/t19-,20?,21+,22-,24-/m1/s1. The Morgan fingerprint density at radius 2 is 1.74 bits per heavy atom. The van der Waals surface area contributed by atoms with Crippen LogP contribution in [0.4, 0.5) is 0 Å². The lowest BCUT2D eigenvalue weighted by Crippen LogP contribution is -2.60. The van der Waals surface area contributed by atoms with Gasteiger partial charge < -0.3 is 25.0 Å². The lowest BCUT2D eigenvalue weighted by molar-refractivity contribution is -0.151. The minimum absolute atomic E-state index is 0.0267. The van der Waals surface area contributed by atoms with Crippen LogP contribution in [-0.2, 0) is 23.9 Å². The Morgan fingerprint density at radius 3 is 2.28 bits per heavy atom. The molecule has 2 aliphatic rings. The van der Waals surface area contributed by atoms with E-state index in [9.17, 15) is 24.3 Å². The van der Waals surface area contributed by atoms with Gasteiger partial charge in [-0.1, -0.05) is 41.0 Å². The third kappa shape index (κ3) is 8.62. The fourth-order valence-electron chi connectivity index (χ4n) is 5.60. The van der Waals surface area contributed by atoms with Crippen molar-refractivity contribution in [2.24, 2.45) is 11.3 Å². The van der Waals surface area contributed by atoms with E-state index >= 15 is 0 Å². The van der Waals surface area contributed by atoms with Crippen molar-refractivity contribution in [2.45, 2.75) is 90.6 Å². The molecule has 0 aromatic rings. The fourth-order valence-corrected chi connectivity index (χ4v) is 5.60. The van der Waals surface area contributed by atoms with Gasteiger partial charge in [0, 0.05) is 32.6 Å². The van der Waals surface area contributed by atoms with Gasteiger partial charge in [-0.25, -0.2) is 4.79 Å². The Hall–Kier alpha value is -2.24. The number of hydrogen-bond donors (Lipinski definition) is 2. The van der Waals surface area contributed by atoms with E-state index in [1.807, 2.05) is 46.6 Å². The summed E-state index contributed by atoms with van der Waals surface area (Å²) in [6.07, 6.45) is 2.23. The number of carbonyl (C=O) groups excluding carboxylic acids is 4. The van der Waals surface area contributed by atoms with Crippen LogP contribution in [0.15, 0.2) is 0 Å². The summed E-state index contributed by atoms with van der Waals surface area (Å²) in [5.41, 5.74) is -0.503. The molecule has 224 valence electrons. The summed E-state index contributed by atoms with van der Waals surface area (Å²) in [6.45, 7) is 11.3. The first-order valence-corrected chi connectivity index (χ1v) is 14.1. The molecule has 0 aromatic carbocycles. The van der Waals surface area contributed by atoms with Gasteiger partial charge in [-0.15, -0.1) is 0 Å². The van der Waals surface area contributed by atoms with Gasteiger partial charge in [0.2, 0.25) is 17.7 Å². The number of aliphatic hydroxyl groups excluding tert-OH is 1. The molecule has 39 heavy (non-hydrogen) atoms. The molecule has 0 aromatic heterocycles. The predicted molar refractivity (Wildman–Crippen MR) is 149 cm³/mol. The lowest BCUT2D eigenvalue weighted by atomic mass is 9.84. The molecule has 2 rings (SSSR count). The number of methoxy groups -OCH3 is 1. The third-order valence-electron chi connectivity index (χ3n) is 8.06. The van der Waals surface area contributed by atoms with Crippen LogP contribution in [0.25, 0.3) is 0 Å². The van der Waals surface area contributed by atoms with Crippen molar-refractivity contribution >= 4 is 23.7 Å². The Labute approximate surface area is 234 Å². The second kappa shape index (κ2) is 13.9. The highest BCUT2D eigenvalue weighted by Crippen LogP contribution is 2.25. The number of carbonyl (C=O) groups is 4. The Balaban J connectivity index is 2.11. The number of aliphatic hydroxyl groups is 1. The molecule has 11 nitrogen and oxygen atoms in total. The second-order valence-electron chi connectivity index (χ2n) is 12.7. The van der Waals surface area contributed by atoms with Crippen LogP contribution < -0.4 is 5.32 Å². The summed E-state index contributed by atoms with van der Waals surface area (Å²) >= 11 is 0. The molecule has 1 unspecified atom stereocenters. The highest BCUT2D eigenvalue weighted by Gasteiger charge is 2.41. The van der Waals surface area contributed by atoms with Gasteiger partial charge in [-0.3, -0.25) is 24.2 Å². The molecular weight excluding hydrogens is 502 g/mol. The zero-order chi connectivity index (χ0) is 29.7. The van der Waals surface area contributed by atoms with Crippen LogP contribution >= 0.6 is 0 Å². The number of β-amino-alcohol motifs (C(OH)–C–C–N with tert-alkyl or cyclic N) is 1. The molecule has 0 saturated carbocycles. The Bertz CT molecular complexity index is 875. The zero-order valence-electron chi connectivity index (χ0n) is 25.4. The first kappa shape index (κ1) is 33.0. The molecule has 5 atom stereocenters. The van der Waals surface area contributed by atoms with Crippen LogP contribution in [0, 0.1) is 11.3 Å². The van der Waals surface area contributed by atoms with Crippen molar-refractivity contribution in [3.8, 4) is 0 Å². The summed E-state index contributed by atoms with van der Waals surface area (Å²) in [7, 11) is 6.77. The Morgan fingerprint density at radius 1 is 1.10 bits per heavy atom. The number of nitrogens with zero attached hydrogens (tertiary/aromatic N) is 4. The number of piperidine rings is 1. The van der Waals surface area contributed by atoms with Crippen molar-refractivity contribution < 1.29 is 29.0 Å². The molecule has 2 saturated heterocycles. The maximum absolute atomic E-state index is 13.9. The number of likely N-dealkylation sites (tertiary alicyclic amines) is 2. The van der Waals surface area contributed by atoms with Gasteiger partial charge in [0.25, 0.3) is 0 Å². The summed E-state index contributed by atoms with van der Waals surface area (Å²) < 4.78 is 4.81. The summed E-state index contributed by atoms with van der Waals surface area (Å²) in [5.74, 6) is -1.02. The SMILES string of the molecule is COC(=O)[C@@H]1C[C@@H](O)CN1C(=O)CN(C)C[C@H](C(C)C)N(C)C(=O)[C@@H](NC(=O)C1CCCCN1C)C(C)(C)C. The van der Waals surface area contributed by atoms with E-state index in [1.165, 1.54) is 12.0 Å². The highest BCUT2D eigenvalue weighted by atomic mass is 16.5. The van der Waals surface area contributed by atoms with Gasteiger partial charge in [0.1, 0.15) is 12.1 Å². The van der Waals surface area contributed by atoms with E-state index < -0.39 is 29.6 Å². The first-order valence-electron chi connectivity index (χ1n) is 14.1. The van der Waals surface area contributed by atoms with Gasteiger partial charge in [-0.05, 0) is 44.8 Å². The van der Waals surface area contributed by atoms with E-state index in [1.54, 1.807) is 19.0 Å². The molecule has 11 heteroatoms. The summed E-state index contributed by atoms with van der Waals surface area (Å²) in [6, 6.07) is -1.96. The summed E-state index contributed by atoms with van der Waals surface area (Å²) in [5, 5.41) is 13.1. The largest absolute Gasteiger partial charge is 0.467 e. The van der Waals surface area contributed by atoms with E-state index in [4.69, 9.17) is 4.74 Å².